The molecule has 1 aromatic carbocycles. The van der Waals surface area contributed by atoms with Gasteiger partial charge in [-0.3, -0.25) is 14.4 Å². The maximum Gasteiger partial charge on any atom is 0.322 e. The maximum absolute atomic E-state index is 12.4. The molecular weight excluding hydrogens is 336 g/mol. The number of anilines is 1. The molecular formula is C19H22N2O5. The quantitative estimate of drug-likeness (QED) is 0.705. The molecule has 2 amide bonds. The number of amides is 2. The van der Waals surface area contributed by atoms with E-state index in [0.29, 0.717) is 22.6 Å². The maximum atomic E-state index is 12.4. The number of aliphatic carboxylic acids is 1. The van der Waals surface area contributed by atoms with Gasteiger partial charge in [-0.05, 0) is 30.7 Å². The van der Waals surface area contributed by atoms with E-state index in [1.807, 2.05) is 13.8 Å². The molecule has 0 atom stereocenters. The number of hydrogen-bond donors (Lipinski definition) is 3. The number of benzene rings is 1. The van der Waals surface area contributed by atoms with E-state index in [9.17, 15) is 14.4 Å². The predicted molar refractivity (Wildman–Crippen MR) is 96.3 cm³/mol. The van der Waals surface area contributed by atoms with Gasteiger partial charge < -0.3 is 20.2 Å². The van der Waals surface area contributed by atoms with Gasteiger partial charge in [0.15, 0.2) is 0 Å². The summed E-state index contributed by atoms with van der Waals surface area (Å²) < 4.78 is 5.59. The summed E-state index contributed by atoms with van der Waals surface area (Å²) in [5, 5.41) is 13.6. The molecule has 2 aromatic rings. The van der Waals surface area contributed by atoms with Crippen molar-refractivity contribution >= 4 is 23.5 Å². The van der Waals surface area contributed by atoms with E-state index in [2.05, 4.69) is 10.6 Å². The minimum absolute atomic E-state index is 0.0695. The second-order valence-electron chi connectivity index (χ2n) is 6.27. The summed E-state index contributed by atoms with van der Waals surface area (Å²) in [5.74, 6) is -0.203. The van der Waals surface area contributed by atoms with Crippen LogP contribution in [0.25, 0.3) is 0 Å². The number of aryl methyl sites for hydroxylation is 1. The lowest BCUT2D eigenvalue weighted by Crippen LogP contribution is -2.30. The average molecular weight is 358 g/mol. The first kappa shape index (κ1) is 19.2. The van der Waals surface area contributed by atoms with Crippen LogP contribution in [0, 0.1) is 6.92 Å². The lowest BCUT2D eigenvalue weighted by atomic mass is 10.1. The number of nitrogens with one attached hydrogen (secondary N) is 2. The smallest absolute Gasteiger partial charge is 0.322 e. The Morgan fingerprint density at radius 1 is 1.15 bits per heavy atom. The Bertz CT molecular complexity index is 806. The van der Waals surface area contributed by atoms with Crippen molar-refractivity contribution in [2.75, 3.05) is 11.9 Å². The topological polar surface area (TPSA) is 109 Å². The summed E-state index contributed by atoms with van der Waals surface area (Å²) in [5.41, 5.74) is 1.80. The number of rotatable bonds is 7. The molecule has 1 aromatic heterocycles. The molecule has 0 aliphatic heterocycles. The molecule has 0 saturated heterocycles. The van der Waals surface area contributed by atoms with E-state index < -0.39 is 12.5 Å². The van der Waals surface area contributed by atoms with Crippen LogP contribution >= 0.6 is 0 Å². The van der Waals surface area contributed by atoms with Gasteiger partial charge in [-0.2, -0.15) is 0 Å². The molecule has 7 nitrogen and oxygen atoms in total. The number of carboxylic acids is 1. The van der Waals surface area contributed by atoms with Crippen LogP contribution in [0.15, 0.2) is 34.7 Å². The largest absolute Gasteiger partial charge is 0.480 e. The van der Waals surface area contributed by atoms with E-state index in [1.165, 1.54) is 0 Å². The number of hydrogen-bond acceptors (Lipinski definition) is 4. The molecule has 0 radical (unpaired) electrons. The molecule has 26 heavy (non-hydrogen) atoms. The first-order valence-electron chi connectivity index (χ1n) is 8.25. The summed E-state index contributed by atoms with van der Waals surface area (Å²) in [6.07, 6.45) is 0.0695. The third kappa shape index (κ3) is 5.20. The highest BCUT2D eigenvalue weighted by Gasteiger charge is 2.16. The highest BCUT2D eigenvalue weighted by molar-refractivity contribution is 6.05. The summed E-state index contributed by atoms with van der Waals surface area (Å²) in [7, 11) is 0. The van der Waals surface area contributed by atoms with E-state index >= 15 is 0 Å². The SMILES string of the molecule is Cc1oc(C(C)C)cc1C(=O)Nc1ccc(CC(=O)NCC(=O)O)cc1. The fraction of sp³-hybridized carbons (Fsp3) is 0.316. The third-order valence-electron chi connectivity index (χ3n) is 3.76. The minimum Gasteiger partial charge on any atom is -0.480 e. The Morgan fingerprint density at radius 2 is 1.81 bits per heavy atom. The van der Waals surface area contributed by atoms with Crippen LogP contribution in [0.3, 0.4) is 0 Å². The van der Waals surface area contributed by atoms with E-state index in [1.54, 1.807) is 37.3 Å². The molecule has 0 saturated carbocycles. The van der Waals surface area contributed by atoms with Gasteiger partial charge in [0, 0.05) is 11.6 Å². The van der Waals surface area contributed by atoms with Crippen molar-refractivity contribution in [3.63, 3.8) is 0 Å². The van der Waals surface area contributed by atoms with Crippen molar-refractivity contribution in [3.05, 3.63) is 53.0 Å². The second kappa shape index (κ2) is 8.33. The van der Waals surface area contributed by atoms with Crippen LogP contribution in [0.4, 0.5) is 5.69 Å². The van der Waals surface area contributed by atoms with Crippen molar-refractivity contribution in [1.29, 1.82) is 0 Å². The van der Waals surface area contributed by atoms with Gasteiger partial charge in [-0.1, -0.05) is 26.0 Å². The summed E-state index contributed by atoms with van der Waals surface area (Å²) in [6, 6.07) is 8.54. The molecule has 0 spiro atoms. The molecule has 2 rings (SSSR count). The predicted octanol–water partition coefficient (Wildman–Crippen LogP) is 2.71. The van der Waals surface area contributed by atoms with E-state index in [0.717, 1.165) is 5.76 Å². The third-order valence-corrected chi connectivity index (χ3v) is 3.76. The van der Waals surface area contributed by atoms with Crippen molar-refractivity contribution in [1.82, 2.24) is 5.32 Å². The summed E-state index contributed by atoms with van der Waals surface area (Å²) >= 11 is 0. The van der Waals surface area contributed by atoms with Crippen LogP contribution < -0.4 is 10.6 Å². The Hall–Kier alpha value is -3.09. The molecule has 0 bridgehead atoms. The zero-order valence-electron chi connectivity index (χ0n) is 15.0. The van der Waals surface area contributed by atoms with Crippen molar-refractivity contribution in [3.8, 4) is 0 Å². The second-order valence-corrected chi connectivity index (χ2v) is 6.27. The van der Waals surface area contributed by atoms with Crippen LogP contribution in [0.5, 0.6) is 0 Å². The number of carbonyl (C=O) groups excluding carboxylic acids is 2. The standard InChI is InChI=1S/C19H22N2O5/c1-11(2)16-9-15(12(3)26-16)19(25)21-14-6-4-13(5-7-14)8-17(22)20-10-18(23)24/h4-7,9,11H,8,10H2,1-3H3,(H,20,22)(H,21,25)(H,23,24). The molecule has 0 unspecified atom stereocenters. The molecule has 138 valence electrons. The van der Waals surface area contributed by atoms with Crippen molar-refractivity contribution < 1.29 is 23.9 Å². The Kier molecular flexibility index (Phi) is 6.16. The number of furan rings is 1. The van der Waals surface area contributed by atoms with Gasteiger partial charge in [-0.25, -0.2) is 0 Å². The zero-order chi connectivity index (χ0) is 19.3. The monoisotopic (exact) mass is 358 g/mol. The molecule has 0 aliphatic carbocycles. The van der Waals surface area contributed by atoms with Crippen LogP contribution in [-0.4, -0.2) is 29.4 Å². The van der Waals surface area contributed by atoms with Gasteiger partial charge in [0.05, 0.1) is 12.0 Å². The Balaban J connectivity index is 1.97. The van der Waals surface area contributed by atoms with Crippen LogP contribution in [0.2, 0.25) is 0 Å². The first-order valence-corrected chi connectivity index (χ1v) is 8.25. The van der Waals surface area contributed by atoms with Crippen molar-refractivity contribution in [2.45, 2.75) is 33.1 Å². The number of carboxylic acid groups (broad SMARTS) is 1. The number of carbonyl (C=O) groups is 3. The molecule has 3 N–H and O–H groups in total. The average Bonchev–Trinajstić information content (AvgIpc) is 2.97. The highest BCUT2D eigenvalue weighted by atomic mass is 16.4. The van der Waals surface area contributed by atoms with Gasteiger partial charge in [0.25, 0.3) is 5.91 Å². The van der Waals surface area contributed by atoms with E-state index in [-0.39, 0.29) is 24.2 Å². The molecule has 7 heteroatoms. The molecule has 1 heterocycles. The first-order chi connectivity index (χ1) is 12.3. The fourth-order valence-electron chi connectivity index (χ4n) is 2.34. The zero-order valence-corrected chi connectivity index (χ0v) is 15.0. The van der Waals surface area contributed by atoms with Gasteiger partial charge in [0.2, 0.25) is 5.91 Å². The summed E-state index contributed by atoms with van der Waals surface area (Å²) in [6.45, 7) is 5.33. The Morgan fingerprint density at radius 3 is 2.35 bits per heavy atom. The van der Waals surface area contributed by atoms with Gasteiger partial charge >= 0.3 is 5.97 Å². The van der Waals surface area contributed by atoms with Gasteiger partial charge in [0.1, 0.15) is 18.1 Å². The highest BCUT2D eigenvalue weighted by Crippen LogP contribution is 2.22. The summed E-state index contributed by atoms with van der Waals surface area (Å²) in [4.78, 5) is 34.4. The fourth-order valence-corrected chi connectivity index (χ4v) is 2.34. The van der Waals surface area contributed by atoms with Crippen LogP contribution in [0.1, 0.15) is 47.2 Å². The lowest BCUT2D eigenvalue weighted by Gasteiger charge is -2.06. The minimum atomic E-state index is -1.09. The molecule has 0 aliphatic rings. The van der Waals surface area contributed by atoms with Crippen LogP contribution in [-0.2, 0) is 16.0 Å². The van der Waals surface area contributed by atoms with Crippen molar-refractivity contribution in [2.24, 2.45) is 0 Å². The normalized spacial score (nSPS) is 10.6. The van der Waals surface area contributed by atoms with Gasteiger partial charge in [-0.15, -0.1) is 0 Å². The molecule has 0 fully saturated rings. The lowest BCUT2D eigenvalue weighted by molar-refractivity contribution is -0.137. The Labute approximate surface area is 151 Å². The van der Waals surface area contributed by atoms with E-state index in [4.69, 9.17) is 9.52 Å².